The van der Waals surface area contributed by atoms with Gasteiger partial charge in [0, 0.05) is 18.6 Å². The lowest BCUT2D eigenvalue weighted by Gasteiger charge is -1.87. The van der Waals surface area contributed by atoms with Crippen molar-refractivity contribution in [2.75, 3.05) is 5.73 Å². The van der Waals surface area contributed by atoms with Crippen LogP contribution in [0.25, 0.3) is 0 Å². The van der Waals surface area contributed by atoms with Gasteiger partial charge in [0.15, 0.2) is 0 Å². The predicted octanol–water partition coefficient (Wildman–Crippen LogP) is 2.83. The van der Waals surface area contributed by atoms with Gasteiger partial charge < -0.3 is 5.73 Å². The summed E-state index contributed by atoms with van der Waals surface area (Å²) in [6.45, 7) is 4.00. The molecular formula is C14H17ClFN7. The van der Waals surface area contributed by atoms with Gasteiger partial charge in [0.25, 0.3) is 0 Å². The molecule has 3 heterocycles. The summed E-state index contributed by atoms with van der Waals surface area (Å²) >= 11 is 5.39. The number of aromatic nitrogens is 6. The summed E-state index contributed by atoms with van der Waals surface area (Å²) in [5.74, 6) is -0.667. The van der Waals surface area contributed by atoms with Crippen LogP contribution in [0.5, 0.6) is 0 Å². The highest BCUT2D eigenvalue weighted by Gasteiger charge is 1.92. The minimum Gasteiger partial charge on any atom is -0.394 e. The number of hydrogen-bond donors (Lipinski definition) is 1. The van der Waals surface area contributed by atoms with Crippen LogP contribution < -0.4 is 5.73 Å². The van der Waals surface area contributed by atoms with Crippen molar-refractivity contribution in [1.29, 1.82) is 0 Å². The van der Waals surface area contributed by atoms with Gasteiger partial charge in [-0.1, -0.05) is 25.4 Å². The molecular weight excluding hydrogens is 321 g/mol. The third-order valence-electron chi connectivity index (χ3n) is 1.71. The third-order valence-corrected chi connectivity index (χ3v) is 1.94. The maximum atomic E-state index is 12.0. The Morgan fingerprint density at radius 2 is 1.52 bits per heavy atom. The molecule has 23 heavy (non-hydrogen) atoms. The maximum Gasteiger partial charge on any atom is 0.239 e. The Morgan fingerprint density at radius 3 is 1.78 bits per heavy atom. The topological polar surface area (TPSA) is 103 Å². The molecule has 2 N–H and O–H groups in total. The van der Waals surface area contributed by atoms with E-state index in [1.54, 1.807) is 30.7 Å². The first kappa shape index (κ1) is 20.3. The average molecular weight is 338 g/mol. The summed E-state index contributed by atoms with van der Waals surface area (Å²) in [5, 5.41) is 0.481. The molecule has 0 spiro atoms. The van der Waals surface area contributed by atoms with E-state index in [0.717, 1.165) is 6.33 Å². The van der Waals surface area contributed by atoms with Gasteiger partial charge >= 0.3 is 0 Å². The first-order chi connectivity index (χ1) is 11.2. The molecule has 3 aromatic heterocycles. The number of nitrogen functional groups attached to an aromatic ring is 1. The van der Waals surface area contributed by atoms with E-state index >= 15 is 0 Å². The van der Waals surface area contributed by atoms with Crippen LogP contribution in [0, 0.1) is 5.95 Å². The number of nitrogens with two attached hydrogens (primary N) is 1. The van der Waals surface area contributed by atoms with Crippen LogP contribution in [0.3, 0.4) is 0 Å². The molecule has 3 rings (SSSR count). The second-order valence-electron chi connectivity index (χ2n) is 3.21. The Morgan fingerprint density at radius 1 is 0.913 bits per heavy atom. The normalized spacial score (nSPS) is 8.17. The van der Waals surface area contributed by atoms with Crippen LogP contribution in [-0.4, -0.2) is 29.9 Å². The highest BCUT2D eigenvalue weighted by molar-refractivity contribution is 6.29. The van der Waals surface area contributed by atoms with E-state index in [1.165, 1.54) is 18.9 Å². The van der Waals surface area contributed by atoms with E-state index in [1.807, 2.05) is 13.8 Å². The van der Waals surface area contributed by atoms with E-state index in [2.05, 4.69) is 29.9 Å². The quantitative estimate of drug-likeness (QED) is 0.629. The second-order valence-corrected chi connectivity index (χ2v) is 3.59. The Balaban J connectivity index is 0.000000302. The second kappa shape index (κ2) is 14.2. The van der Waals surface area contributed by atoms with Crippen LogP contribution in [0.2, 0.25) is 5.15 Å². The fourth-order valence-electron chi connectivity index (χ4n) is 0.853. The SMILES string of the molecule is CC.Clc1ccncn1.Nc1cncnc1F.c1cncnc1. The molecule has 122 valence electrons. The fraction of sp³-hybridized carbons (Fsp3) is 0.143. The molecule has 0 atom stereocenters. The Kier molecular flexibility index (Phi) is 12.5. The molecule has 0 aliphatic carbocycles. The van der Waals surface area contributed by atoms with E-state index in [9.17, 15) is 4.39 Å². The molecule has 0 saturated carbocycles. The number of hydrogen-bond acceptors (Lipinski definition) is 7. The third kappa shape index (κ3) is 11.6. The standard InChI is InChI=1S/C4H3ClN2.C4H4FN3.C4H4N2.C2H6/c5-4-1-2-6-3-7-4;5-4-3(6)1-7-2-8-4;1-2-5-4-6-3-1;1-2/h1-3H;1-2H,6H2;1-4H;1-2H3. The molecule has 0 saturated heterocycles. The minimum absolute atomic E-state index is 0.0208. The lowest BCUT2D eigenvalue weighted by Crippen LogP contribution is -1.93. The van der Waals surface area contributed by atoms with Gasteiger partial charge in [-0.25, -0.2) is 29.9 Å². The van der Waals surface area contributed by atoms with Gasteiger partial charge in [-0.3, -0.25) is 0 Å². The zero-order valence-corrected chi connectivity index (χ0v) is 13.5. The summed E-state index contributed by atoms with van der Waals surface area (Å²) in [7, 11) is 0. The largest absolute Gasteiger partial charge is 0.394 e. The van der Waals surface area contributed by atoms with E-state index in [-0.39, 0.29) is 5.69 Å². The molecule has 0 aliphatic rings. The van der Waals surface area contributed by atoms with E-state index in [0.29, 0.717) is 5.15 Å². The first-order valence-electron chi connectivity index (χ1n) is 6.52. The van der Waals surface area contributed by atoms with Crippen molar-refractivity contribution in [3.05, 3.63) is 67.0 Å². The predicted molar refractivity (Wildman–Crippen MR) is 86.8 cm³/mol. The lowest BCUT2D eigenvalue weighted by atomic mass is 10.6. The van der Waals surface area contributed by atoms with Crippen LogP contribution in [0.1, 0.15) is 13.8 Å². The van der Waals surface area contributed by atoms with Crippen molar-refractivity contribution >= 4 is 17.3 Å². The maximum absolute atomic E-state index is 12.0. The van der Waals surface area contributed by atoms with Crippen LogP contribution in [-0.2, 0) is 0 Å². The first-order valence-corrected chi connectivity index (χ1v) is 6.90. The van der Waals surface area contributed by atoms with Gasteiger partial charge in [-0.05, 0) is 12.1 Å². The molecule has 0 bridgehead atoms. The molecule has 0 fully saturated rings. The Hall–Kier alpha value is -2.74. The van der Waals surface area contributed by atoms with Gasteiger partial charge in [0.1, 0.15) is 29.8 Å². The van der Waals surface area contributed by atoms with Crippen molar-refractivity contribution in [2.24, 2.45) is 0 Å². The summed E-state index contributed by atoms with van der Waals surface area (Å²) < 4.78 is 12.0. The van der Waals surface area contributed by atoms with E-state index in [4.69, 9.17) is 17.3 Å². The number of nitrogens with zero attached hydrogens (tertiary/aromatic N) is 6. The highest BCUT2D eigenvalue weighted by atomic mass is 35.5. The van der Waals surface area contributed by atoms with Gasteiger partial charge in [0.05, 0.1) is 6.20 Å². The summed E-state index contributed by atoms with van der Waals surface area (Å²) in [6, 6.07) is 3.40. The molecule has 0 aromatic carbocycles. The van der Waals surface area contributed by atoms with Gasteiger partial charge in [0.2, 0.25) is 5.95 Å². The molecule has 0 aliphatic heterocycles. The summed E-state index contributed by atoms with van der Waals surface area (Å²) in [5.41, 5.74) is 5.00. The molecule has 0 amide bonds. The Bertz CT molecular complexity index is 566. The monoisotopic (exact) mass is 337 g/mol. The van der Waals surface area contributed by atoms with Crippen molar-refractivity contribution in [3.8, 4) is 0 Å². The van der Waals surface area contributed by atoms with Crippen molar-refractivity contribution in [1.82, 2.24) is 29.9 Å². The Labute approximate surface area is 138 Å². The highest BCUT2D eigenvalue weighted by Crippen LogP contribution is 1.99. The van der Waals surface area contributed by atoms with Crippen LogP contribution >= 0.6 is 11.6 Å². The lowest BCUT2D eigenvalue weighted by molar-refractivity contribution is 0.585. The van der Waals surface area contributed by atoms with Crippen molar-refractivity contribution in [3.63, 3.8) is 0 Å². The van der Waals surface area contributed by atoms with Gasteiger partial charge in [-0.2, -0.15) is 4.39 Å². The van der Waals surface area contributed by atoms with Gasteiger partial charge in [-0.15, -0.1) is 0 Å². The van der Waals surface area contributed by atoms with E-state index < -0.39 is 5.95 Å². The number of rotatable bonds is 0. The zero-order chi connectivity index (χ0) is 17.3. The van der Waals surface area contributed by atoms with Crippen molar-refractivity contribution in [2.45, 2.75) is 13.8 Å². The molecule has 7 nitrogen and oxygen atoms in total. The molecule has 3 aromatic rings. The number of anilines is 1. The number of halogens is 2. The smallest absolute Gasteiger partial charge is 0.239 e. The average Bonchev–Trinajstić information content (AvgIpc) is 2.63. The minimum atomic E-state index is -0.667. The zero-order valence-electron chi connectivity index (χ0n) is 12.7. The summed E-state index contributed by atoms with van der Waals surface area (Å²) in [4.78, 5) is 21.3. The molecule has 0 radical (unpaired) electrons. The van der Waals surface area contributed by atoms with Crippen LogP contribution in [0.15, 0.2) is 55.9 Å². The van der Waals surface area contributed by atoms with Crippen molar-refractivity contribution < 1.29 is 4.39 Å². The fourth-order valence-corrected chi connectivity index (χ4v) is 0.953. The summed E-state index contributed by atoms with van der Waals surface area (Å²) in [6.07, 6.45) is 10.2. The van der Waals surface area contributed by atoms with Crippen LogP contribution in [0.4, 0.5) is 10.1 Å². The molecule has 9 heteroatoms. The molecule has 0 unspecified atom stereocenters.